The Morgan fingerprint density at radius 2 is 1.95 bits per heavy atom. The number of rotatable bonds is 4. The Bertz CT molecular complexity index is 420. The highest BCUT2D eigenvalue weighted by atomic mass is 15.2. The number of hydrogen-bond donors (Lipinski definition) is 0. The maximum absolute atomic E-state index is 4.72. The summed E-state index contributed by atoms with van der Waals surface area (Å²) in [5, 5.41) is 0. The van der Waals surface area contributed by atoms with E-state index in [0.717, 1.165) is 5.92 Å². The minimum atomic E-state index is 0.595. The van der Waals surface area contributed by atoms with Crippen LogP contribution in [0.3, 0.4) is 0 Å². The third-order valence-corrected chi connectivity index (χ3v) is 4.55. The van der Waals surface area contributed by atoms with Crippen LogP contribution in [-0.2, 0) is 0 Å². The van der Waals surface area contributed by atoms with Crippen molar-refractivity contribution in [2.45, 2.75) is 45.6 Å². The highest BCUT2D eigenvalue weighted by molar-refractivity contribution is 5.40. The Labute approximate surface area is 123 Å². The van der Waals surface area contributed by atoms with Gasteiger partial charge in [-0.3, -0.25) is 4.90 Å². The molecule has 0 aromatic carbocycles. The summed E-state index contributed by atoms with van der Waals surface area (Å²) >= 11 is 0. The summed E-state index contributed by atoms with van der Waals surface area (Å²) in [4.78, 5) is 9.76. The summed E-state index contributed by atoms with van der Waals surface area (Å²) in [5.74, 6) is 1.91. The van der Waals surface area contributed by atoms with Crippen LogP contribution in [0.1, 0.15) is 51.1 Å². The molecule has 0 N–H and O–H groups in total. The number of likely N-dealkylation sites (tertiary alicyclic amines) is 1. The van der Waals surface area contributed by atoms with Crippen molar-refractivity contribution >= 4 is 5.82 Å². The number of anilines is 1. The van der Waals surface area contributed by atoms with Gasteiger partial charge in [-0.05, 0) is 49.8 Å². The zero-order valence-electron chi connectivity index (χ0n) is 12.9. The molecule has 1 aromatic rings. The van der Waals surface area contributed by atoms with Crippen LogP contribution in [0.5, 0.6) is 0 Å². The van der Waals surface area contributed by atoms with Gasteiger partial charge < -0.3 is 4.90 Å². The lowest BCUT2D eigenvalue weighted by Gasteiger charge is -2.26. The molecule has 3 heterocycles. The van der Waals surface area contributed by atoms with Gasteiger partial charge in [-0.2, -0.15) is 0 Å². The zero-order valence-corrected chi connectivity index (χ0v) is 12.9. The molecule has 1 atom stereocenters. The van der Waals surface area contributed by atoms with E-state index in [1.807, 2.05) is 0 Å². The summed E-state index contributed by atoms with van der Waals surface area (Å²) in [7, 11) is 0. The van der Waals surface area contributed by atoms with Crippen LogP contribution in [-0.4, -0.2) is 36.1 Å². The number of pyridine rings is 1. The van der Waals surface area contributed by atoms with Gasteiger partial charge >= 0.3 is 0 Å². The van der Waals surface area contributed by atoms with Crippen LogP contribution in [0.2, 0.25) is 0 Å². The van der Waals surface area contributed by atoms with Crippen molar-refractivity contribution in [3.8, 4) is 0 Å². The van der Waals surface area contributed by atoms with Crippen LogP contribution in [0.4, 0.5) is 5.82 Å². The quantitative estimate of drug-likeness (QED) is 0.837. The van der Waals surface area contributed by atoms with E-state index in [0.29, 0.717) is 6.04 Å². The minimum absolute atomic E-state index is 0.595. The summed E-state index contributed by atoms with van der Waals surface area (Å²) in [6.45, 7) is 9.42. The first-order valence-corrected chi connectivity index (χ1v) is 8.19. The van der Waals surface area contributed by atoms with Crippen molar-refractivity contribution in [1.82, 2.24) is 9.88 Å². The van der Waals surface area contributed by atoms with Gasteiger partial charge in [0, 0.05) is 31.9 Å². The lowest BCUT2D eigenvalue weighted by molar-refractivity contribution is 0.228. The first-order valence-electron chi connectivity index (χ1n) is 8.19. The van der Waals surface area contributed by atoms with E-state index in [2.05, 4.69) is 42.0 Å². The summed E-state index contributed by atoms with van der Waals surface area (Å²) in [6.07, 6.45) is 7.36. The summed E-state index contributed by atoms with van der Waals surface area (Å²) in [6, 6.07) is 5.13. The second kappa shape index (κ2) is 6.13. The van der Waals surface area contributed by atoms with Crippen molar-refractivity contribution in [3.05, 3.63) is 23.9 Å². The maximum atomic E-state index is 4.72. The summed E-state index contributed by atoms with van der Waals surface area (Å²) < 4.78 is 0. The molecule has 0 spiro atoms. The van der Waals surface area contributed by atoms with Gasteiger partial charge in [0.1, 0.15) is 5.82 Å². The molecule has 20 heavy (non-hydrogen) atoms. The second-order valence-electron chi connectivity index (χ2n) is 6.69. The molecule has 2 saturated heterocycles. The van der Waals surface area contributed by atoms with Crippen LogP contribution in [0.25, 0.3) is 0 Å². The standard InChI is InChI=1S/C17H27N3/c1-14(2)13-20-11-5-6-16(20)15-7-8-17(18-12-15)19-9-3-4-10-19/h7-8,12,14,16H,3-6,9-11,13H2,1-2H3/t16-/m1/s1. The van der Waals surface area contributed by atoms with E-state index in [1.165, 1.54) is 63.2 Å². The molecule has 0 aliphatic carbocycles. The maximum Gasteiger partial charge on any atom is 0.128 e. The van der Waals surface area contributed by atoms with Gasteiger partial charge in [-0.1, -0.05) is 19.9 Å². The van der Waals surface area contributed by atoms with Crippen molar-refractivity contribution in [3.63, 3.8) is 0 Å². The van der Waals surface area contributed by atoms with Gasteiger partial charge in [0.15, 0.2) is 0 Å². The van der Waals surface area contributed by atoms with E-state index < -0.39 is 0 Å². The normalized spacial score (nSPS) is 23.9. The van der Waals surface area contributed by atoms with E-state index in [4.69, 9.17) is 4.98 Å². The minimum Gasteiger partial charge on any atom is -0.357 e. The van der Waals surface area contributed by atoms with Gasteiger partial charge in [0.05, 0.1) is 0 Å². The zero-order chi connectivity index (χ0) is 13.9. The molecule has 3 rings (SSSR count). The van der Waals surface area contributed by atoms with Gasteiger partial charge in [0.25, 0.3) is 0 Å². The first kappa shape index (κ1) is 13.9. The highest BCUT2D eigenvalue weighted by Crippen LogP contribution is 2.32. The van der Waals surface area contributed by atoms with Crippen LogP contribution < -0.4 is 4.90 Å². The molecule has 2 aliphatic heterocycles. The molecular weight excluding hydrogens is 246 g/mol. The molecule has 0 bridgehead atoms. The van der Waals surface area contributed by atoms with Gasteiger partial charge in [-0.25, -0.2) is 4.98 Å². The number of aromatic nitrogens is 1. The molecule has 2 fully saturated rings. The molecular formula is C17H27N3. The first-order chi connectivity index (χ1) is 9.74. The van der Waals surface area contributed by atoms with Crippen molar-refractivity contribution in [2.24, 2.45) is 5.92 Å². The lowest BCUT2D eigenvalue weighted by atomic mass is 10.1. The Morgan fingerprint density at radius 3 is 2.60 bits per heavy atom. The van der Waals surface area contributed by atoms with Crippen LogP contribution in [0.15, 0.2) is 18.3 Å². The third-order valence-electron chi connectivity index (χ3n) is 4.55. The number of nitrogens with zero attached hydrogens (tertiary/aromatic N) is 3. The van der Waals surface area contributed by atoms with Gasteiger partial charge in [0.2, 0.25) is 0 Å². The molecule has 3 heteroatoms. The SMILES string of the molecule is CC(C)CN1CCC[C@@H]1c1ccc(N2CCCC2)nc1. The molecule has 3 nitrogen and oxygen atoms in total. The van der Waals surface area contributed by atoms with E-state index in [1.54, 1.807) is 0 Å². The van der Waals surface area contributed by atoms with Crippen molar-refractivity contribution in [2.75, 3.05) is 31.1 Å². The second-order valence-corrected chi connectivity index (χ2v) is 6.69. The fraction of sp³-hybridized carbons (Fsp3) is 0.706. The third kappa shape index (κ3) is 2.98. The fourth-order valence-electron chi connectivity index (χ4n) is 3.62. The fourth-order valence-corrected chi connectivity index (χ4v) is 3.62. The predicted molar refractivity (Wildman–Crippen MR) is 84.1 cm³/mol. The Morgan fingerprint density at radius 1 is 1.15 bits per heavy atom. The smallest absolute Gasteiger partial charge is 0.128 e. The van der Waals surface area contributed by atoms with E-state index in [-0.39, 0.29) is 0 Å². The monoisotopic (exact) mass is 273 g/mol. The molecule has 0 saturated carbocycles. The topological polar surface area (TPSA) is 19.4 Å². The molecule has 0 amide bonds. The average Bonchev–Trinajstić information content (AvgIpc) is 3.09. The highest BCUT2D eigenvalue weighted by Gasteiger charge is 2.26. The van der Waals surface area contributed by atoms with Gasteiger partial charge in [-0.15, -0.1) is 0 Å². The molecule has 0 radical (unpaired) electrons. The Hall–Kier alpha value is -1.09. The van der Waals surface area contributed by atoms with E-state index in [9.17, 15) is 0 Å². The lowest BCUT2D eigenvalue weighted by Crippen LogP contribution is -2.27. The molecule has 2 aliphatic rings. The molecule has 110 valence electrons. The van der Waals surface area contributed by atoms with Crippen molar-refractivity contribution < 1.29 is 0 Å². The molecule has 0 unspecified atom stereocenters. The molecule has 1 aromatic heterocycles. The average molecular weight is 273 g/mol. The van der Waals surface area contributed by atoms with E-state index >= 15 is 0 Å². The summed E-state index contributed by atoms with van der Waals surface area (Å²) in [5.41, 5.74) is 1.41. The predicted octanol–water partition coefficient (Wildman–Crippen LogP) is 3.47. The van der Waals surface area contributed by atoms with Crippen LogP contribution >= 0.6 is 0 Å². The Balaban J connectivity index is 1.70. The Kier molecular flexibility index (Phi) is 4.25. The van der Waals surface area contributed by atoms with Crippen molar-refractivity contribution in [1.29, 1.82) is 0 Å². The van der Waals surface area contributed by atoms with Crippen LogP contribution in [0, 0.1) is 5.92 Å². The number of hydrogen-bond acceptors (Lipinski definition) is 3. The largest absolute Gasteiger partial charge is 0.357 e.